The van der Waals surface area contributed by atoms with E-state index in [1.54, 1.807) is 0 Å². The zero-order valence-electron chi connectivity index (χ0n) is 39.7. The van der Waals surface area contributed by atoms with Gasteiger partial charge in [0.15, 0.2) is 0 Å². The van der Waals surface area contributed by atoms with Gasteiger partial charge in [0.2, 0.25) is 0 Å². The summed E-state index contributed by atoms with van der Waals surface area (Å²) >= 11 is 0. The minimum atomic E-state index is 0.105. The summed E-state index contributed by atoms with van der Waals surface area (Å²) in [6.45, 7) is 13.6. The highest BCUT2D eigenvalue weighted by molar-refractivity contribution is 6.27. The quantitative estimate of drug-likeness (QED) is 0.145. The van der Waals surface area contributed by atoms with Gasteiger partial charge in [-0.2, -0.15) is 0 Å². The predicted octanol–water partition coefficient (Wildman–Crippen LogP) is 18.7. The molecule has 0 aliphatic rings. The monoisotopic (exact) mass is 874 g/mol. The van der Waals surface area contributed by atoms with Crippen LogP contribution in [-0.2, 0) is 10.8 Å². The summed E-state index contributed by atoms with van der Waals surface area (Å²) in [4.78, 5) is 2.44. The predicted molar refractivity (Wildman–Crippen MR) is 293 cm³/mol. The van der Waals surface area contributed by atoms with Gasteiger partial charge >= 0.3 is 0 Å². The van der Waals surface area contributed by atoms with Crippen molar-refractivity contribution in [1.29, 1.82) is 0 Å². The molecule has 0 N–H and O–H groups in total. The average molecular weight is 875 g/mol. The van der Waals surface area contributed by atoms with Crippen LogP contribution in [0.4, 0.5) is 17.1 Å². The molecule has 0 saturated carbocycles. The molecule has 0 saturated heterocycles. The molecule has 1 heterocycles. The topological polar surface area (TPSA) is 8.17 Å². The van der Waals surface area contributed by atoms with Gasteiger partial charge in [0.25, 0.3) is 0 Å². The second kappa shape index (κ2) is 15.9. The van der Waals surface area contributed by atoms with E-state index in [0.717, 1.165) is 17.1 Å². The third-order valence-electron chi connectivity index (χ3n) is 14.3. The van der Waals surface area contributed by atoms with E-state index in [4.69, 9.17) is 0 Å². The molecule has 0 aliphatic heterocycles. The first-order valence-corrected chi connectivity index (χ1v) is 24.0. The second-order valence-electron chi connectivity index (χ2n) is 20.6. The maximum absolute atomic E-state index is 2.46. The lowest BCUT2D eigenvalue weighted by Crippen LogP contribution is -2.11. The van der Waals surface area contributed by atoms with Gasteiger partial charge in [0, 0.05) is 32.9 Å². The number of nitrogens with zero attached hydrogens (tertiary/aromatic N) is 2. The third-order valence-corrected chi connectivity index (χ3v) is 14.3. The fourth-order valence-corrected chi connectivity index (χ4v) is 10.6. The number of anilines is 3. The Labute approximate surface area is 399 Å². The van der Waals surface area contributed by atoms with Crippen LogP contribution in [0.5, 0.6) is 0 Å². The van der Waals surface area contributed by atoms with E-state index < -0.39 is 0 Å². The number of fused-ring (bicyclic) bond motifs is 3. The summed E-state index contributed by atoms with van der Waals surface area (Å²) in [6.07, 6.45) is 0. The van der Waals surface area contributed by atoms with Crippen LogP contribution < -0.4 is 4.90 Å². The number of hydrogen-bond acceptors (Lipinski definition) is 1. The van der Waals surface area contributed by atoms with Gasteiger partial charge in [-0.25, -0.2) is 0 Å². The summed E-state index contributed by atoms with van der Waals surface area (Å²) < 4.78 is 2.46. The van der Waals surface area contributed by atoms with Crippen LogP contribution >= 0.6 is 0 Å². The fraction of sp³-hybridized carbons (Fsp3) is 0.121. The number of benzene rings is 11. The Morgan fingerprint density at radius 1 is 0.309 bits per heavy atom. The largest absolute Gasteiger partial charge is 0.310 e. The Morgan fingerprint density at radius 2 is 0.662 bits per heavy atom. The zero-order valence-corrected chi connectivity index (χ0v) is 39.7. The molecule has 0 spiro atoms. The summed E-state index contributed by atoms with van der Waals surface area (Å²) in [5, 5.41) is 10.1. The molecule has 12 aromatic rings. The highest BCUT2D eigenvalue weighted by Gasteiger charge is 2.22. The van der Waals surface area contributed by atoms with E-state index >= 15 is 0 Å². The standard InChI is InChI=1S/C66H54N2/c1-65(2,3)51-31-19-45(20-32-51)43-15-17-44(18-16-43)47-23-35-53(36-24-47)67(54-37-25-48(26-38-54)46-21-33-52(34-22-46)66(4,5)6)61-41-29-49-28-40-58-62(42-30-50-27-39-57(61)63(49)64(50)58)68-59-13-9-7-11-55(59)56-12-8-10-14-60(56)68/h7-42H,1-6H3. The number of aromatic nitrogens is 1. The molecular formula is C66H54N2. The van der Waals surface area contributed by atoms with Gasteiger partial charge in [0.1, 0.15) is 0 Å². The minimum Gasteiger partial charge on any atom is -0.310 e. The Bertz CT molecular complexity index is 3750. The first-order chi connectivity index (χ1) is 33.0. The molecule has 0 aliphatic carbocycles. The fourth-order valence-electron chi connectivity index (χ4n) is 10.6. The van der Waals surface area contributed by atoms with Gasteiger partial charge in [-0.1, -0.05) is 211 Å². The molecule has 11 aromatic carbocycles. The second-order valence-corrected chi connectivity index (χ2v) is 20.6. The number of hydrogen-bond donors (Lipinski definition) is 0. The molecule has 0 amide bonds. The SMILES string of the molecule is CC(C)(C)c1ccc(-c2ccc(-c3ccc(N(c4ccc(-c5ccc(C(C)(C)C)cc5)cc4)c4ccc5ccc6c(-n7c8ccccc8c8ccccc87)ccc7ccc4c5c76)cc3)cc2)cc1. The molecule has 2 nitrogen and oxygen atoms in total. The Balaban J connectivity index is 0.981. The number of rotatable bonds is 7. The maximum Gasteiger partial charge on any atom is 0.0541 e. The van der Waals surface area contributed by atoms with Crippen LogP contribution in [0, 0.1) is 0 Å². The molecule has 68 heavy (non-hydrogen) atoms. The van der Waals surface area contributed by atoms with Gasteiger partial charge in [-0.3, -0.25) is 0 Å². The van der Waals surface area contributed by atoms with Crippen molar-refractivity contribution in [3.8, 4) is 39.1 Å². The van der Waals surface area contributed by atoms with Crippen molar-refractivity contribution in [2.75, 3.05) is 4.90 Å². The van der Waals surface area contributed by atoms with Crippen LogP contribution in [0.25, 0.3) is 93.2 Å². The van der Waals surface area contributed by atoms with E-state index in [-0.39, 0.29) is 10.8 Å². The summed E-state index contributed by atoms with van der Waals surface area (Å²) in [5.74, 6) is 0. The zero-order chi connectivity index (χ0) is 46.3. The van der Waals surface area contributed by atoms with E-state index in [2.05, 4.69) is 269 Å². The van der Waals surface area contributed by atoms with Gasteiger partial charge < -0.3 is 9.47 Å². The van der Waals surface area contributed by atoms with Crippen molar-refractivity contribution in [3.05, 3.63) is 230 Å². The van der Waals surface area contributed by atoms with E-state index in [1.165, 1.54) is 104 Å². The lowest BCUT2D eigenvalue weighted by Gasteiger charge is -2.28. The van der Waals surface area contributed by atoms with Crippen molar-refractivity contribution in [2.45, 2.75) is 52.4 Å². The van der Waals surface area contributed by atoms with Crippen LogP contribution in [0.3, 0.4) is 0 Å². The highest BCUT2D eigenvalue weighted by Crippen LogP contribution is 2.46. The van der Waals surface area contributed by atoms with Gasteiger partial charge in [-0.15, -0.1) is 0 Å². The lowest BCUT2D eigenvalue weighted by atomic mass is 9.86. The molecule has 12 rings (SSSR count). The normalized spacial score (nSPS) is 12.3. The Morgan fingerprint density at radius 3 is 1.10 bits per heavy atom. The van der Waals surface area contributed by atoms with Crippen molar-refractivity contribution in [3.63, 3.8) is 0 Å². The average Bonchev–Trinajstić information content (AvgIpc) is 3.70. The molecular weight excluding hydrogens is 821 g/mol. The van der Waals surface area contributed by atoms with E-state index in [0.29, 0.717) is 0 Å². The third kappa shape index (κ3) is 7.02. The van der Waals surface area contributed by atoms with Crippen molar-refractivity contribution in [1.82, 2.24) is 4.57 Å². The first kappa shape index (κ1) is 41.5. The van der Waals surface area contributed by atoms with Crippen LogP contribution in [0.2, 0.25) is 0 Å². The molecule has 0 unspecified atom stereocenters. The van der Waals surface area contributed by atoms with E-state index in [1.807, 2.05) is 0 Å². The van der Waals surface area contributed by atoms with Gasteiger partial charge in [0.05, 0.1) is 22.4 Å². The summed E-state index contributed by atoms with van der Waals surface area (Å²) in [5.41, 5.74) is 17.2. The Kier molecular flexibility index (Phi) is 9.67. The summed E-state index contributed by atoms with van der Waals surface area (Å²) in [6, 6.07) is 81.4. The number of para-hydroxylation sites is 2. The first-order valence-electron chi connectivity index (χ1n) is 24.0. The van der Waals surface area contributed by atoms with Crippen LogP contribution in [0.15, 0.2) is 218 Å². The lowest BCUT2D eigenvalue weighted by molar-refractivity contribution is 0.590. The van der Waals surface area contributed by atoms with Crippen molar-refractivity contribution >= 4 is 71.2 Å². The van der Waals surface area contributed by atoms with Gasteiger partial charge in [-0.05, 0) is 125 Å². The summed E-state index contributed by atoms with van der Waals surface area (Å²) in [7, 11) is 0. The molecule has 0 radical (unpaired) electrons. The van der Waals surface area contributed by atoms with Crippen LogP contribution in [-0.4, -0.2) is 4.57 Å². The molecule has 0 bridgehead atoms. The Hall–Kier alpha value is -7.94. The molecule has 2 heteroatoms. The molecule has 1 aromatic heterocycles. The molecule has 0 fully saturated rings. The minimum absolute atomic E-state index is 0.105. The van der Waals surface area contributed by atoms with Crippen LogP contribution in [0.1, 0.15) is 52.7 Å². The molecule has 328 valence electrons. The molecule has 0 atom stereocenters. The highest BCUT2D eigenvalue weighted by atomic mass is 15.1. The van der Waals surface area contributed by atoms with Crippen molar-refractivity contribution < 1.29 is 0 Å². The maximum atomic E-state index is 2.46. The van der Waals surface area contributed by atoms with Crippen molar-refractivity contribution in [2.24, 2.45) is 0 Å². The smallest absolute Gasteiger partial charge is 0.0541 e. The van der Waals surface area contributed by atoms with E-state index in [9.17, 15) is 0 Å².